The second kappa shape index (κ2) is 6.40. The van der Waals surface area contributed by atoms with Crippen molar-refractivity contribution in [2.45, 2.75) is 33.2 Å². The van der Waals surface area contributed by atoms with Gasteiger partial charge in [-0.2, -0.15) is 0 Å². The van der Waals surface area contributed by atoms with Crippen molar-refractivity contribution in [3.63, 3.8) is 0 Å². The molecule has 0 bridgehead atoms. The standard InChI is InChI=1S/C14H21NO3/c1-4-5-11-6-10(2)14(18)12(7-11)8-15(3)9-13(16)17/h6-7,18H,4-5,8-9H2,1-3H3,(H,16,17). The minimum absolute atomic E-state index is 0.0313. The van der Waals surface area contributed by atoms with E-state index >= 15 is 0 Å². The molecule has 0 saturated carbocycles. The Morgan fingerprint density at radius 3 is 2.61 bits per heavy atom. The summed E-state index contributed by atoms with van der Waals surface area (Å²) in [7, 11) is 1.73. The Morgan fingerprint density at radius 2 is 2.06 bits per heavy atom. The largest absolute Gasteiger partial charge is 0.507 e. The molecule has 1 aromatic rings. The monoisotopic (exact) mass is 251 g/mol. The Morgan fingerprint density at radius 1 is 1.39 bits per heavy atom. The summed E-state index contributed by atoms with van der Waals surface area (Å²) in [6.45, 7) is 4.39. The highest BCUT2D eigenvalue weighted by Crippen LogP contribution is 2.25. The fraction of sp³-hybridized carbons (Fsp3) is 0.500. The number of benzene rings is 1. The Hall–Kier alpha value is -1.55. The zero-order chi connectivity index (χ0) is 13.7. The average molecular weight is 251 g/mol. The summed E-state index contributed by atoms with van der Waals surface area (Å²) in [6, 6.07) is 3.95. The van der Waals surface area contributed by atoms with Crippen LogP contribution >= 0.6 is 0 Å². The third-order valence-electron chi connectivity index (χ3n) is 2.82. The van der Waals surface area contributed by atoms with Gasteiger partial charge in [0.05, 0.1) is 6.54 Å². The molecule has 0 aromatic heterocycles. The van der Waals surface area contributed by atoms with Gasteiger partial charge in [0.25, 0.3) is 0 Å². The lowest BCUT2D eigenvalue weighted by Gasteiger charge is -2.17. The minimum Gasteiger partial charge on any atom is -0.507 e. The molecule has 0 aliphatic carbocycles. The molecule has 4 nitrogen and oxygen atoms in total. The Labute approximate surface area is 108 Å². The maximum absolute atomic E-state index is 10.6. The number of aromatic hydroxyl groups is 1. The number of rotatable bonds is 6. The van der Waals surface area contributed by atoms with E-state index < -0.39 is 5.97 Å². The number of aliphatic carboxylic acids is 1. The highest BCUT2D eigenvalue weighted by atomic mass is 16.4. The van der Waals surface area contributed by atoms with Crippen LogP contribution in [-0.2, 0) is 17.8 Å². The Kier molecular flexibility index (Phi) is 5.16. The minimum atomic E-state index is -0.863. The molecule has 1 rings (SSSR count). The average Bonchev–Trinajstić information content (AvgIpc) is 2.24. The SMILES string of the molecule is CCCc1cc(C)c(O)c(CN(C)CC(=O)O)c1. The Bertz CT molecular complexity index is 429. The van der Waals surface area contributed by atoms with Crippen molar-refractivity contribution in [1.29, 1.82) is 0 Å². The molecule has 0 aliphatic rings. The molecule has 0 radical (unpaired) electrons. The summed E-state index contributed by atoms with van der Waals surface area (Å²) in [6.07, 6.45) is 2.02. The summed E-state index contributed by atoms with van der Waals surface area (Å²) in [4.78, 5) is 12.3. The van der Waals surface area contributed by atoms with Gasteiger partial charge in [-0.05, 0) is 31.5 Å². The van der Waals surface area contributed by atoms with E-state index in [2.05, 4.69) is 6.92 Å². The molecule has 18 heavy (non-hydrogen) atoms. The van der Waals surface area contributed by atoms with E-state index in [1.165, 1.54) is 5.56 Å². The van der Waals surface area contributed by atoms with Crippen LogP contribution in [0.2, 0.25) is 0 Å². The van der Waals surface area contributed by atoms with Gasteiger partial charge in [-0.15, -0.1) is 0 Å². The number of carboxylic acids is 1. The first-order chi connectivity index (χ1) is 8.43. The summed E-state index contributed by atoms with van der Waals surface area (Å²) < 4.78 is 0. The van der Waals surface area contributed by atoms with E-state index in [1.54, 1.807) is 11.9 Å². The number of likely N-dealkylation sites (N-methyl/N-ethyl adjacent to an activating group) is 1. The van der Waals surface area contributed by atoms with Crippen molar-refractivity contribution < 1.29 is 15.0 Å². The van der Waals surface area contributed by atoms with Crippen molar-refractivity contribution in [2.24, 2.45) is 0 Å². The first-order valence-corrected chi connectivity index (χ1v) is 6.15. The van der Waals surface area contributed by atoms with Crippen LogP contribution in [0, 0.1) is 6.92 Å². The van der Waals surface area contributed by atoms with Crippen LogP contribution in [0.3, 0.4) is 0 Å². The predicted octanol–water partition coefficient (Wildman–Crippen LogP) is 2.17. The summed E-state index contributed by atoms with van der Waals surface area (Å²) in [5.41, 5.74) is 2.83. The Balaban J connectivity index is 2.89. The quantitative estimate of drug-likeness (QED) is 0.813. The normalized spacial score (nSPS) is 10.9. The molecule has 0 fully saturated rings. The summed E-state index contributed by atoms with van der Waals surface area (Å²) >= 11 is 0. The van der Waals surface area contributed by atoms with Gasteiger partial charge >= 0.3 is 5.97 Å². The van der Waals surface area contributed by atoms with Crippen molar-refractivity contribution >= 4 is 5.97 Å². The van der Waals surface area contributed by atoms with Gasteiger partial charge in [-0.25, -0.2) is 0 Å². The van der Waals surface area contributed by atoms with Gasteiger partial charge in [0.1, 0.15) is 5.75 Å². The van der Waals surface area contributed by atoms with Crippen LogP contribution in [0.4, 0.5) is 0 Å². The molecular formula is C14H21NO3. The van der Waals surface area contributed by atoms with Crippen LogP contribution in [0.1, 0.15) is 30.0 Å². The molecule has 0 atom stereocenters. The number of phenolic OH excluding ortho intramolecular Hbond substituents is 1. The molecule has 0 aliphatic heterocycles. The first-order valence-electron chi connectivity index (χ1n) is 6.15. The van der Waals surface area contributed by atoms with E-state index in [9.17, 15) is 9.90 Å². The van der Waals surface area contributed by atoms with Crippen LogP contribution in [-0.4, -0.2) is 34.7 Å². The number of carbonyl (C=O) groups is 1. The molecule has 0 unspecified atom stereocenters. The highest BCUT2D eigenvalue weighted by Gasteiger charge is 2.11. The fourth-order valence-corrected chi connectivity index (χ4v) is 2.06. The van der Waals surface area contributed by atoms with Gasteiger partial charge in [0.2, 0.25) is 0 Å². The highest BCUT2D eigenvalue weighted by molar-refractivity contribution is 5.69. The molecule has 0 heterocycles. The second-order valence-electron chi connectivity index (χ2n) is 4.74. The number of phenols is 1. The number of hydrogen-bond donors (Lipinski definition) is 2. The van der Waals surface area contributed by atoms with Crippen molar-refractivity contribution in [2.75, 3.05) is 13.6 Å². The molecule has 0 saturated heterocycles. The third-order valence-corrected chi connectivity index (χ3v) is 2.82. The van der Waals surface area contributed by atoms with Crippen LogP contribution in [0.25, 0.3) is 0 Å². The topological polar surface area (TPSA) is 60.8 Å². The van der Waals surface area contributed by atoms with Gasteiger partial charge in [0.15, 0.2) is 0 Å². The van der Waals surface area contributed by atoms with Gasteiger partial charge < -0.3 is 10.2 Å². The van der Waals surface area contributed by atoms with E-state index in [-0.39, 0.29) is 12.3 Å². The lowest BCUT2D eigenvalue weighted by Crippen LogP contribution is -2.25. The maximum Gasteiger partial charge on any atom is 0.317 e. The van der Waals surface area contributed by atoms with Gasteiger partial charge in [-0.3, -0.25) is 9.69 Å². The van der Waals surface area contributed by atoms with Crippen molar-refractivity contribution in [1.82, 2.24) is 4.90 Å². The van der Waals surface area contributed by atoms with Crippen LogP contribution < -0.4 is 0 Å². The van der Waals surface area contributed by atoms with Crippen LogP contribution in [0.15, 0.2) is 12.1 Å². The zero-order valence-corrected chi connectivity index (χ0v) is 11.2. The third kappa shape index (κ3) is 4.04. The smallest absolute Gasteiger partial charge is 0.317 e. The lowest BCUT2D eigenvalue weighted by atomic mass is 10.0. The molecule has 1 aromatic carbocycles. The fourth-order valence-electron chi connectivity index (χ4n) is 2.06. The maximum atomic E-state index is 10.6. The summed E-state index contributed by atoms with van der Waals surface area (Å²) in [5.74, 6) is -0.592. The molecule has 2 N–H and O–H groups in total. The van der Waals surface area contributed by atoms with E-state index in [4.69, 9.17) is 5.11 Å². The number of carboxylic acid groups (broad SMARTS) is 1. The van der Waals surface area contributed by atoms with Gasteiger partial charge in [0, 0.05) is 12.1 Å². The van der Waals surface area contributed by atoms with E-state index in [0.717, 1.165) is 24.0 Å². The number of aryl methyl sites for hydroxylation is 2. The first kappa shape index (κ1) is 14.5. The van der Waals surface area contributed by atoms with Crippen LogP contribution in [0.5, 0.6) is 5.75 Å². The second-order valence-corrected chi connectivity index (χ2v) is 4.74. The molecule has 4 heteroatoms. The zero-order valence-electron chi connectivity index (χ0n) is 11.2. The molecule has 100 valence electrons. The lowest BCUT2D eigenvalue weighted by molar-refractivity contribution is -0.138. The number of hydrogen-bond acceptors (Lipinski definition) is 3. The van der Waals surface area contributed by atoms with E-state index in [1.807, 2.05) is 19.1 Å². The summed E-state index contributed by atoms with van der Waals surface area (Å²) in [5, 5.41) is 18.7. The molecule has 0 amide bonds. The predicted molar refractivity (Wildman–Crippen MR) is 70.8 cm³/mol. The van der Waals surface area contributed by atoms with Crippen molar-refractivity contribution in [3.8, 4) is 5.75 Å². The van der Waals surface area contributed by atoms with Gasteiger partial charge in [-0.1, -0.05) is 25.5 Å². The molecule has 0 spiro atoms. The van der Waals surface area contributed by atoms with Crippen molar-refractivity contribution in [3.05, 3.63) is 28.8 Å². The number of nitrogens with zero attached hydrogens (tertiary/aromatic N) is 1. The molecular weight excluding hydrogens is 230 g/mol. The van der Waals surface area contributed by atoms with E-state index in [0.29, 0.717) is 6.54 Å².